The highest BCUT2D eigenvalue weighted by atomic mass is 35.7. The molecule has 0 bridgehead atoms. The van der Waals surface area contributed by atoms with E-state index in [1.54, 1.807) is 0 Å². The van der Waals surface area contributed by atoms with Crippen molar-refractivity contribution in [3.8, 4) is 0 Å². The summed E-state index contributed by atoms with van der Waals surface area (Å²) in [5.74, 6) is -0.190. The average Bonchev–Trinajstić information content (AvgIpc) is 2.70. The molecular formula is C17H17ClFNO4. The lowest BCUT2D eigenvalue weighted by atomic mass is 9.74. The molecule has 2 aromatic rings. The van der Waals surface area contributed by atoms with Crippen LogP contribution in [0.3, 0.4) is 0 Å². The summed E-state index contributed by atoms with van der Waals surface area (Å²) in [6, 6.07) is 15.2. The van der Waals surface area contributed by atoms with Gasteiger partial charge in [0.05, 0.1) is 0 Å². The quantitative estimate of drug-likeness (QED) is 0.622. The van der Waals surface area contributed by atoms with E-state index < -0.39 is 10.2 Å². The van der Waals surface area contributed by atoms with Gasteiger partial charge in [-0.25, -0.2) is 27.6 Å². The fraction of sp³-hybridized carbons (Fsp3) is 0.235. The van der Waals surface area contributed by atoms with Gasteiger partial charge in [-0.2, -0.15) is 0 Å². The van der Waals surface area contributed by atoms with E-state index in [9.17, 15) is 4.39 Å². The molecule has 0 fully saturated rings. The molecule has 1 aliphatic heterocycles. The monoisotopic (exact) mass is 353 g/mol. The van der Waals surface area contributed by atoms with Crippen molar-refractivity contribution < 1.29 is 37.8 Å². The number of nitrogens with zero attached hydrogens (tertiary/aromatic N) is 1. The first-order valence-corrected chi connectivity index (χ1v) is 8.33. The summed E-state index contributed by atoms with van der Waals surface area (Å²) in [5, 5.41) is 0. The molecular weight excluding hydrogens is 337 g/mol. The number of fused-ring (bicyclic) bond motifs is 1. The van der Waals surface area contributed by atoms with Crippen molar-refractivity contribution in [1.82, 2.24) is 0 Å². The topological polar surface area (TPSA) is 95.2 Å². The SMILES string of the molecule is CC1=[N+](C)c2ccccc2C1(C)c1ccc(F)cc1.[O-][Cl+3]([O-])([O-])[O-]. The van der Waals surface area contributed by atoms with E-state index in [-0.39, 0.29) is 11.2 Å². The molecule has 3 rings (SSSR count). The average molecular weight is 354 g/mol. The van der Waals surface area contributed by atoms with Gasteiger partial charge < -0.3 is 0 Å². The van der Waals surface area contributed by atoms with Crippen LogP contribution in [-0.2, 0) is 5.41 Å². The number of para-hydroxylation sites is 1. The van der Waals surface area contributed by atoms with Crippen LogP contribution < -0.4 is 18.6 Å². The number of halogens is 2. The van der Waals surface area contributed by atoms with Crippen molar-refractivity contribution >= 4 is 11.4 Å². The van der Waals surface area contributed by atoms with Crippen LogP contribution in [0.1, 0.15) is 25.0 Å². The molecule has 0 aromatic heterocycles. The Balaban J connectivity index is 0.000000368. The molecule has 5 nitrogen and oxygen atoms in total. The van der Waals surface area contributed by atoms with E-state index in [1.807, 2.05) is 12.1 Å². The fourth-order valence-corrected chi connectivity index (χ4v) is 3.05. The number of rotatable bonds is 1. The summed E-state index contributed by atoms with van der Waals surface area (Å²) < 4.78 is 49.3. The third-order valence-corrected chi connectivity index (χ3v) is 4.45. The Kier molecular flexibility index (Phi) is 5.08. The summed E-state index contributed by atoms with van der Waals surface area (Å²) in [5.41, 5.74) is 4.72. The van der Waals surface area contributed by atoms with E-state index in [1.165, 1.54) is 29.1 Å². The summed E-state index contributed by atoms with van der Waals surface area (Å²) in [6.45, 7) is 4.35. The Labute approximate surface area is 141 Å². The van der Waals surface area contributed by atoms with Gasteiger partial charge >= 0.3 is 0 Å². The zero-order valence-electron chi connectivity index (χ0n) is 13.5. The first-order chi connectivity index (χ1) is 11.0. The maximum absolute atomic E-state index is 13.2. The second kappa shape index (κ2) is 6.58. The fourth-order valence-electron chi connectivity index (χ4n) is 3.05. The van der Waals surface area contributed by atoms with Gasteiger partial charge in [0.25, 0.3) is 0 Å². The standard InChI is InChI=1S/C17H17FN.ClHO4/c1-12-17(2,13-8-10-14(18)11-9-13)15-6-4-5-7-16(15)19(12)3;2-1(3,4)5/h4-11H,1-3H3;(H,2,3,4,5)/q+1;/p-1. The third kappa shape index (κ3) is 3.63. The first-order valence-electron chi connectivity index (χ1n) is 7.10. The van der Waals surface area contributed by atoms with Gasteiger partial charge in [0, 0.05) is 18.6 Å². The van der Waals surface area contributed by atoms with Crippen molar-refractivity contribution in [3.63, 3.8) is 0 Å². The van der Waals surface area contributed by atoms with Crippen molar-refractivity contribution in [3.05, 3.63) is 65.5 Å². The minimum Gasteiger partial charge on any atom is -0.222 e. The van der Waals surface area contributed by atoms with Gasteiger partial charge in [-0.15, -0.1) is 10.2 Å². The van der Waals surface area contributed by atoms with E-state index in [0.717, 1.165) is 5.56 Å². The van der Waals surface area contributed by atoms with Crippen molar-refractivity contribution in [2.24, 2.45) is 0 Å². The largest absolute Gasteiger partial charge is 0.222 e. The zero-order chi connectivity index (χ0) is 18.1. The first kappa shape index (κ1) is 18.5. The molecule has 0 saturated heterocycles. The Morgan fingerprint density at radius 1 is 0.958 bits per heavy atom. The molecule has 0 spiro atoms. The molecule has 24 heavy (non-hydrogen) atoms. The molecule has 1 aliphatic rings. The predicted octanol–water partition coefficient (Wildman–Crippen LogP) is -0.876. The molecule has 2 aromatic carbocycles. The molecule has 0 saturated carbocycles. The smallest absolute Gasteiger partial charge is 0.209 e. The molecule has 0 N–H and O–H groups in total. The van der Waals surface area contributed by atoms with Crippen LogP contribution in [0.15, 0.2) is 48.5 Å². The van der Waals surface area contributed by atoms with Crippen LogP contribution in [0, 0.1) is 16.1 Å². The highest BCUT2D eigenvalue weighted by Gasteiger charge is 2.46. The lowest BCUT2D eigenvalue weighted by Crippen LogP contribution is -2.68. The summed E-state index contributed by atoms with van der Waals surface area (Å²) in [4.78, 5) is 0. The molecule has 0 aliphatic carbocycles. The predicted molar refractivity (Wildman–Crippen MR) is 75.8 cm³/mol. The van der Waals surface area contributed by atoms with Crippen LogP contribution >= 0.6 is 0 Å². The zero-order valence-corrected chi connectivity index (χ0v) is 14.2. The summed E-state index contributed by atoms with van der Waals surface area (Å²) in [7, 11) is -2.86. The molecule has 7 heteroatoms. The van der Waals surface area contributed by atoms with Crippen LogP contribution in [-0.4, -0.2) is 17.3 Å². The molecule has 0 radical (unpaired) electrons. The van der Waals surface area contributed by atoms with E-state index >= 15 is 0 Å². The molecule has 0 amide bonds. The van der Waals surface area contributed by atoms with Gasteiger partial charge in [-0.05, 0) is 24.6 Å². The minimum absolute atomic E-state index is 0.182. The van der Waals surface area contributed by atoms with Crippen LogP contribution in [0.4, 0.5) is 10.1 Å². The lowest BCUT2D eigenvalue weighted by Gasteiger charge is -2.22. The second-order valence-electron chi connectivity index (χ2n) is 5.67. The van der Waals surface area contributed by atoms with Crippen LogP contribution in [0.2, 0.25) is 0 Å². The Morgan fingerprint density at radius 2 is 1.46 bits per heavy atom. The third-order valence-electron chi connectivity index (χ3n) is 4.45. The molecule has 1 unspecified atom stereocenters. The molecule has 1 heterocycles. The van der Waals surface area contributed by atoms with E-state index in [4.69, 9.17) is 18.6 Å². The molecule has 128 valence electrons. The Hall–Kier alpha value is -1.83. The van der Waals surface area contributed by atoms with Crippen molar-refractivity contribution in [1.29, 1.82) is 0 Å². The maximum Gasteiger partial charge on any atom is 0.209 e. The Morgan fingerprint density at radius 3 is 2.00 bits per heavy atom. The second-order valence-corrected chi connectivity index (χ2v) is 6.43. The van der Waals surface area contributed by atoms with Crippen LogP contribution in [0.25, 0.3) is 0 Å². The number of hydrogen-bond donors (Lipinski definition) is 0. The van der Waals surface area contributed by atoms with Crippen LogP contribution in [0.5, 0.6) is 0 Å². The highest BCUT2D eigenvalue weighted by Crippen LogP contribution is 2.43. The van der Waals surface area contributed by atoms with Crippen molar-refractivity contribution in [2.75, 3.05) is 7.05 Å². The van der Waals surface area contributed by atoms with Gasteiger partial charge in [0.2, 0.25) is 5.69 Å². The maximum atomic E-state index is 13.2. The highest BCUT2D eigenvalue weighted by molar-refractivity contribution is 5.97. The number of hydrogen-bond acceptors (Lipinski definition) is 4. The van der Waals surface area contributed by atoms with Gasteiger partial charge in [-0.3, -0.25) is 0 Å². The summed E-state index contributed by atoms with van der Waals surface area (Å²) in [6.07, 6.45) is 0. The van der Waals surface area contributed by atoms with Gasteiger partial charge in [-0.1, -0.05) is 30.3 Å². The normalized spacial score (nSPS) is 19.7. The Bertz CT molecular complexity index is 765. The minimum atomic E-state index is -4.94. The summed E-state index contributed by atoms with van der Waals surface area (Å²) >= 11 is 0. The van der Waals surface area contributed by atoms with Gasteiger partial charge in [0.15, 0.2) is 5.71 Å². The lowest BCUT2D eigenvalue weighted by molar-refractivity contribution is -2.00. The van der Waals surface area contributed by atoms with Gasteiger partial charge in [0.1, 0.15) is 18.3 Å². The van der Waals surface area contributed by atoms with E-state index in [2.05, 4.69) is 49.7 Å². The number of benzene rings is 2. The van der Waals surface area contributed by atoms with Crippen molar-refractivity contribution in [2.45, 2.75) is 19.3 Å². The van der Waals surface area contributed by atoms with E-state index in [0.29, 0.717) is 0 Å². The molecule has 1 atom stereocenters.